The Hall–Kier alpha value is -1.98. The van der Waals surface area contributed by atoms with Crippen molar-refractivity contribution in [2.75, 3.05) is 20.3 Å². The van der Waals surface area contributed by atoms with Gasteiger partial charge in [-0.25, -0.2) is 0 Å². The normalized spacial score (nSPS) is 20.6. The van der Waals surface area contributed by atoms with Crippen LogP contribution >= 0.6 is 11.6 Å². The number of carbonyl (C=O) groups excluding carboxylic acids is 1. The lowest BCUT2D eigenvalue weighted by Gasteiger charge is -2.48. The SMILES string of the molecule is COc1ccc(CN(CCC2(C(C)C)CCOC(C)(C)C2)C(=O)c2ccc(Cl)o2)cc1. The maximum absolute atomic E-state index is 13.3. The Morgan fingerprint density at radius 3 is 2.45 bits per heavy atom. The van der Waals surface area contributed by atoms with Crippen LogP contribution in [0.1, 0.15) is 63.1 Å². The smallest absolute Gasteiger partial charge is 0.289 e. The quantitative estimate of drug-likeness (QED) is 0.483. The first kappa shape index (κ1) is 23.7. The van der Waals surface area contributed by atoms with Crippen LogP contribution in [0.25, 0.3) is 0 Å². The molecule has 3 rings (SSSR count). The van der Waals surface area contributed by atoms with Gasteiger partial charge in [0.25, 0.3) is 5.91 Å². The Kier molecular flexibility index (Phi) is 7.38. The van der Waals surface area contributed by atoms with Crippen molar-refractivity contribution in [2.45, 2.75) is 59.1 Å². The predicted octanol–water partition coefficient (Wildman–Crippen LogP) is 6.21. The lowest BCUT2D eigenvalue weighted by atomic mass is 9.65. The predicted molar refractivity (Wildman–Crippen MR) is 123 cm³/mol. The molecular formula is C25H34ClNO4. The Morgan fingerprint density at radius 1 is 1.19 bits per heavy atom. The number of hydrogen-bond acceptors (Lipinski definition) is 4. The molecule has 170 valence electrons. The number of rotatable bonds is 8. The Bertz CT molecular complexity index is 874. The second-order valence-electron chi connectivity index (χ2n) is 9.48. The number of nitrogens with zero attached hydrogens (tertiary/aromatic N) is 1. The van der Waals surface area contributed by atoms with Gasteiger partial charge in [-0.2, -0.15) is 0 Å². The minimum Gasteiger partial charge on any atom is -0.497 e. The Balaban J connectivity index is 1.81. The van der Waals surface area contributed by atoms with Crippen molar-refractivity contribution >= 4 is 17.5 Å². The molecule has 6 heteroatoms. The van der Waals surface area contributed by atoms with Crippen LogP contribution in [-0.2, 0) is 11.3 Å². The van der Waals surface area contributed by atoms with Crippen molar-refractivity contribution in [1.29, 1.82) is 0 Å². The molecule has 0 radical (unpaired) electrons. The summed E-state index contributed by atoms with van der Waals surface area (Å²) >= 11 is 5.93. The zero-order valence-electron chi connectivity index (χ0n) is 19.2. The van der Waals surface area contributed by atoms with Crippen molar-refractivity contribution < 1.29 is 18.7 Å². The van der Waals surface area contributed by atoms with Crippen molar-refractivity contribution in [3.63, 3.8) is 0 Å². The minimum atomic E-state index is -0.151. The molecule has 1 aliphatic heterocycles. The highest BCUT2D eigenvalue weighted by Gasteiger charge is 2.43. The molecule has 1 aliphatic rings. The zero-order chi connectivity index (χ0) is 22.6. The van der Waals surface area contributed by atoms with E-state index in [9.17, 15) is 4.79 Å². The number of hydrogen-bond donors (Lipinski definition) is 0. The van der Waals surface area contributed by atoms with Crippen LogP contribution < -0.4 is 4.74 Å². The number of benzene rings is 1. The molecule has 1 fully saturated rings. The van der Waals surface area contributed by atoms with Gasteiger partial charge in [0.05, 0.1) is 12.7 Å². The summed E-state index contributed by atoms with van der Waals surface area (Å²) in [5.74, 6) is 1.41. The first-order valence-electron chi connectivity index (χ1n) is 11.0. The summed E-state index contributed by atoms with van der Waals surface area (Å²) in [6.07, 6.45) is 2.90. The highest BCUT2D eigenvalue weighted by atomic mass is 35.5. The van der Waals surface area contributed by atoms with Gasteiger partial charge in [-0.3, -0.25) is 4.79 Å². The monoisotopic (exact) mass is 447 g/mol. The first-order valence-corrected chi connectivity index (χ1v) is 11.3. The number of ether oxygens (including phenoxy) is 2. The molecule has 0 aliphatic carbocycles. The van der Waals surface area contributed by atoms with E-state index >= 15 is 0 Å². The number of amides is 1. The van der Waals surface area contributed by atoms with Gasteiger partial charge in [-0.15, -0.1) is 0 Å². The van der Waals surface area contributed by atoms with Gasteiger partial charge < -0.3 is 18.8 Å². The highest BCUT2D eigenvalue weighted by molar-refractivity contribution is 6.29. The largest absolute Gasteiger partial charge is 0.497 e. The average Bonchev–Trinajstić information content (AvgIpc) is 3.16. The molecule has 0 N–H and O–H groups in total. The van der Waals surface area contributed by atoms with Gasteiger partial charge in [0.15, 0.2) is 11.0 Å². The van der Waals surface area contributed by atoms with Crippen molar-refractivity contribution in [2.24, 2.45) is 11.3 Å². The molecule has 0 spiro atoms. The molecule has 1 unspecified atom stereocenters. The summed E-state index contributed by atoms with van der Waals surface area (Å²) in [5.41, 5.74) is 1.01. The molecule has 2 aromatic rings. The third-order valence-corrected chi connectivity index (χ3v) is 6.78. The van der Waals surface area contributed by atoms with Gasteiger partial charge in [-0.1, -0.05) is 26.0 Å². The standard InChI is InChI=1S/C25H34ClNO4/c1-18(2)25(13-15-30-24(3,4)17-25)12-14-27(23(28)21-10-11-22(26)31-21)16-19-6-8-20(29-5)9-7-19/h6-11,18H,12-17H2,1-5H3. The lowest BCUT2D eigenvalue weighted by molar-refractivity contribution is -0.122. The van der Waals surface area contributed by atoms with Crippen LogP contribution in [0, 0.1) is 11.3 Å². The van der Waals surface area contributed by atoms with Crippen LogP contribution in [-0.4, -0.2) is 36.7 Å². The second-order valence-corrected chi connectivity index (χ2v) is 9.85. The van der Waals surface area contributed by atoms with Crippen LogP contribution in [0.15, 0.2) is 40.8 Å². The molecule has 1 aromatic heterocycles. The van der Waals surface area contributed by atoms with Crippen molar-refractivity contribution in [3.05, 3.63) is 52.9 Å². The molecule has 0 saturated carbocycles. The van der Waals surface area contributed by atoms with Gasteiger partial charge in [0.2, 0.25) is 0 Å². The number of carbonyl (C=O) groups is 1. The van der Waals surface area contributed by atoms with Gasteiger partial charge in [-0.05, 0) is 85.9 Å². The van der Waals surface area contributed by atoms with E-state index < -0.39 is 0 Å². The topological polar surface area (TPSA) is 51.9 Å². The third-order valence-electron chi connectivity index (χ3n) is 6.58. The first-order chi connectivity index (χ1) is 14.6. The summed E-state index contributed by atoms with van der Waals surface area (Å²) in [4.78, 5) is 15.1. The number of furan rings is 1. The van der Waals surface area contributed by atoms with E-state index in [1.807, 2.05) is 29.2 Å². The van der Waals surface area contributed by atoms with Crippen molar-refractivity contribution in [1.82, 2.24) is 4.90 Å². The average molecular weight is 448 g/mol. The summed E-state index contributed by atoms with van der Waals surface area (Å²) < 4.78 is 16.7. The molecule has 2 heterocycles. The minimum absolute atomic E-state index is 0.126. The number of halogens is 1. The van der Waals surface area contributed by atoms with Gasteiger partial charge >= 0.3 is 0 Å². The van der Waals surface area contributed by atoms with Crippen LogP contribution in [0.4, 0.5) is 0 Å². The summed E-state index contributed by atoms with van der Waals surface area (Å²) in [6.45, 7) is 10.8. The maximum Gasteiger partial charge on any atom is 0.289 e. The molecule has 1 atom stereocenters. The second kappa shape index (κ2) is 9.66. The van der Waals surface area contributed by atoms with E-state index in [0.717, 1.165) is 37.2 Å². The van der Waals surface area contributed by atoms with E-state index in [1.54, 1.807) is 19.2 Å². The molecule has 0 bridgehead atoms. The third kappa shape index (κ3) is 5.83. The van der Waals surface area contributed by atoms with E-state index in [2.05, 4.69) is 27.7 Å². The molecule has 1 aromatic carbocycles. The summed E-state index contributed by atoms with van der Waals surface area (Å²) in [6, 6.07) is 11.1. The van der Waals surface area contributed by atoms with E-state index in [4.69, 9.17) is 25.5 Å². The molecule has 1 saturated heterocycles. The van der Waals surface area contributed by atoms with Crippen LogP contribution in [0.3, 0.4) is 0 Å². The van der Waals surface area contributed by atoms with E-state index in [1.165, 1.54) is 0 Å². The fourth-order valence-corrected chi connectivity index (χ4v) is 4.81. The summed E-state index contributed by atoms with van der Waals surface area (Å²) in [7, 11) is 1.65. The number of methoxy groups -OCH3 is 1. The lowest BCUT2D eigenvalue weighted by Crippen LogP contribution is -2.46. The Morgan fingerprint density at radius 2 is 1.90 bits per heavy atom. The molecular weight excluding hydrogens is 414 g/mol. The highest BCUT2D eigenvalue weighted by Crippen LogP contribution is 2.47. The van der Waals surface area contributed by atoms with Crippen molar-refractivity contribution in [3.8, 4) is 5.75 Å². The van der Waals surface area contributed by atoms with Gasteiger partial charge in [0.1, 0.15) is 5.75 Å². The fourth-order valence-electron chi connectivity index (χ4n) is 4.66. The summed E-state index contributed by atoms with van der Waals surface area (Å²) in [5, 5.41) is 0.220. The zero-order valence-corrected chi connectivity index (χ0v) is 20.0. The molecule has 1 amide bonds. The fraction of sp³-hybridized carbons (Fsp3) is 0.560. The Labute approximate surface area is 190 Å². The van der Waals surface area contributed by atoms with Crippen LogP contribution in [0.2, 0.25) is 5.22 Å². The van der Waals surface area contributed by atoms with Gasteiger partial charge in [0, 0.05) is 19.7 Å². The molecule has 31 heavy (non-hydrogen) atoms. The van der Waals surface area contributed by atoms with Crippen LogP contribution in [0.5, 0.6) is 5.75 Å². The molecule has 5 nitrogen and oxygen atoms in total. The van der Waals surface area contributed by atoms with E-state index in [-0.39, 0.29) is 27.9 Å². The van der Waals surface area contributed by atoms with E-state index in [0.29, 0.717) is 19.0 Å². The maximum atomic E-state index is 13.3.